The lowest BCUT2D eigenvalue weighted by atomic mass is 9.89. The van der Waals surface area contributed by atoms with Crippen LogP contribution in [-0.4, -0.2) is 17.2 Å². The highest BCUT2D eigenvalue weighted by atomic mass is 16.5. The molecule has 2 atom stereocenters. The van der Waals surface area contributed by atoms with Crippen LogP contribution in [0.3, 0.4) is 0 Å². The summed E-state index contributed by atoms with van der Waals surface area (Å²) in [6.07, 6.45) is 0.914. The summed E-state index contributed by atoms with van der Waals surface area (Å²) >= 11 is 0. The number of rotatable bonds is 2. The average molecular weight is 220 g/mol. The predicted molar refractivity (Wildman–Crippen MR) is 60.4 cm³/mol. The van der Waals surface area contributed by atoms with Crippen molar-refractivity contribution in [3.05, 3.63) is 34.9 Å². The molecule has 1 heterocycles. The standard InChI is InChI=1S/C13H16O3/c1-3-9-5-4-6-10-11(9)7-8(2)16-12(10)13(14)15/h4-6,8,12H,3,7H2,1-2H3,(H,14,15). The topological polar surface area (TPSA) is 46.5 Å². The van der Waals surface area contributed by atoms with Crippen molar-refractivity contribution in [2.45, 2.75) is 38.9 Å². The number of carboxylic acid groups (broad SMARTS) is 1. The number of aryl methyl sites for hydroxylation is 1. The molecule has 0 spiro atoms. The molecular formula is C13H16O3. The van der Waals surface area contributed by atoms with Crippen LogP contribution >= 0.6 is 0 Å². The van der Waals surface area contributed by atoms with E-state index in [1.54, 1.807) is 0 Å². The van der Waals surface area contributed by atoms with Crippen LogP contribution in [-0.2, 0) is 22.4 Å². The Hall–Kier alpha value is -1.35. The molecule has 0 saturated carbocycles. The van der Waals surface area contributed by atoms with Gasteiger partial charge in [-0.2, -0.15) is 0 Å². The zero-order valence-electron chi connectivity index (χ0n) is 9.56. The third kappa shape index (κ3) is 1.83. The zero-order valence-corrected chi connectivity index (χ0v) is 9.56. The maximum atomic E-state index is 11.1. The van der Waals surface area contributed by atoms with Crippen LogP contribution in [0.25, 0.3) is 0 Å². The normalized spacial score (nSPS) is 23.9. The van der Waals surface area contributed by atoms with E-state index in [1.165, 1.54) is 5.56 Å². The molecular weight excluding hydrogens is 204 g/mol. The highest BCUT2D eigenvalue weighted by molar-refractivity contribution is 5.75. The van der Waals surface area contributed by atoms with Crippen LogP contribution in [0.4, 0.5) is 0 Å². The van der Waals surface area contributed by atoms with Crippen LogP contribution in [0.15, 0.2) is 18.2 Å². The Balaban J connectivity index is 2.51. The van der Waals surface area contributed by atoms with Crippen LogP contribution in [0.2, 0.25) is 0 Å². The van der Waals surface area contributed by atoms with Crippen molar-refractivity contribution in [1.29, 1.82) is 0 Å². The minimum atomic E-state index is -0.902. The van der Waals surface area contributed by atoms with E-state index in [9.17, 15) is 4.79 Å². The summed E-state index contributed by atoms with van der Waals surface area (Å²) in [7, 11) is 0. The molecule has 0 amide bonds. The molecule has 0 radical (unpaired) electrons. The van der Waals surface area contributed by atoms with E-state index in [0.29, 0.717) is 0 Å². The van der Waals surface area contributed by atoms with Gasteiger partial charge in [0.15, 0.2) is 6.10 Å². The van der Waals surface area contributed by atoms with E-state index in [4.69, 9.17) is 9.84 Å². The Kier molecular flexibility index (Phi) is 2.97. The van der Waals surface area contributed by atoms with Crippen molar-refractivity contribution >= 4 is 5.97 Å². The van der Waals surface area contributed by atoms with Gasteiger partial charge in [0.25, 0.3) is 0 Å². The van der Waals surface area contributed by atoms with Crippen LogP contribution in [0.5, 0.6) is 0 Å². The van der Waals surface area contributed by atoms with Gasteiger partial charge >= 0.3 is 5.97 Å². The molecule has 2 unspecified atom stereocenters. The summed E-state index contributed by atoms with van der Waals surface area (Å²) in [5.41, 5.74) is 3.22. The number of ether oxygens (including phenoxy) is 1. The Bertz CT molecular complexity index is 412. The molecule has 0 saturated heterocycles. The van der Waals surface area contributed by atoms with Gasteiger partial charge in [-0.25, -0.2) is 4.79 Å². The third-order valence-electron chi connectivity index (χ3n) is 3.06. The van der Waals surface area contributed by atoms with Gasteiger partial charge in [-0.05, 0) is 36.5 Å². The lowest BCUT2D eigenvalue weighted by molar-refractivity contribution is -0.155. The van der Waals surface area contributed by atoms with E-state index in [2.05, 4.69) is 13.0 Å². The van der Waals surface area contributed by atoms with Crippen molar-refractivity contribution in [3.8, 4) is 0 Å². The second-order valence-electron chi connectivity index (χ2n) is 4.21. The molecule has 2 rings (SSSR count). The SMILES string of the molecule is CCc1cccc2c1CC(C)OC2C(=O)O. The van der Waals surface area contributed by atoms with Crippen molar-refractivity contribution in [3.63, 3.8) is 0 Å². The first-order valence-electron chi connectivity index (χ1n) is 5.62. The molecule has 0 fully saturated rings. The van der Waals surface area contributed by atoms with Crippen molar-refractivity contribution in [2.75, 3.05) is 0 Å². The number of benzene rings is 1. The Morgan fingerprint density at radius 2 is 2.31 bits per heavy atom. The van der Waals surface area contributed by atoms with Gasteiger partial charge in [-0.3, -0.25) is 0 Å². The quantitative estimate of drug-likeness (QED) is 0.832. The summed E-state index contributed by atoms with van der Waals surface area (Å²) in [5, 5.41) is 9.14. The Labute approximate surface area is 95.0 Å². The van der Waals surface area contributed by atoms with Gasteiger partial charge in [-0.15, -0.1) is 0 Å². The number of aliphatic carboxylic acids is 1. The fourth-order valence-corrected chi connectivity index (χ4v) is 2.31. The highest BCUT2D eigenvalue weighted by Crippen LogP contribution is 2.32. The molecule has 0 aromatic heterocycles. The number of carbonyl (C=O) groups is 1. The second-order valence-corrected chi connectivity index (χ2v) is 4.21. The van der Waals surface area contributed by atoms with E-state index in [0.717, 1.165) is 24.0 Å². The average Bonchev–Trinajstić information content (AvgIpc) is 2.27. The Morgan fingerprint density at radius 3 is 2.94 bits per heavy atom. The van der Waals surface area contributed by atoms with E-state index < -0.39 is 12.1 Å². The zero-order chi connectivity index (χ0) is 11.7. The van der Waals surface area contributed by atoms with Gasteiger partial charge in [0.1, 0.15) is 0 Å². The fraction of sp³-hybridized carbons (Fsp3) is 0.462. The maximum absolute atomic E-state index is 11.1. The number of hydrogen-bond donors (Lipinski definition) is 1. The summed E-state index contributed by atoms with van der Waals surface area (Å²) in [4.78, 5) is 11.1. The van der Waals surface area contributed by atoms with Crippen molar-refractivity contribution < 1.29 is 14.6 Å². The minimum Gasteiger partial charge on any atom is -0.479 e. The monoisotopic (exact) mass is 220 g/mol. The van der Waals surface area contributed by atoms with Gasteiger partial charge in [-0.1, -0.05) is 25.1 Å². The Morgan fingerprint density at radius 1 is 1.56 bits per heavy atom. The summed E-state index contributed by atoms with van der Waals surface area (Å²) < 4.78 is 5.47. The lowest BCUT2D eigenvalue weighted by Gasteiger charge is -2.29. The molecule has 3 nitrogen and oxygen atoms in total. The van der Waals surface area contributed by atoms with Crippen LogP contribution < -0.4 is 0 Å². The molecule has 3 heteroatoms. The summed E-state index contributed by atoms with van der Waals surface area (Å²) in [6, 6.07) is 5.84. The summed E-state index contributed by atoms with van der Waals surface area (Å²) in [5.74, 6) is -0.902. The fourth-order valence-electron chi connectivity index (χ4n) is 2.31. The van der Waals surface area contributed by atoms with Crippen molar-refractivity contribution in [1.82, 2.24) is 0 Å². The van der Waals surface area contributed by atoms with Crippen LogP contribution in [0, 0.1) is 0 Å². The summed E-state index contributed by atoms with van der Waals surface area (Å²) in [6.45, 7) is 4.01. The van der Waals surface area contributed by atoms with Gasteiger partial charge < -0.3 is 9.84 Å². The molecule has 0 bridgehead atoms. The molecule has 16 heavy (non-hydrogen) atoms. The van der Waals surface area contributed by atoms with Gasteiger partial charge in [0, 0.05) is 0 Å². The second kappa shape index (κ2) is 4.26. The van der Waals surface area contributed by atoms with Crippen molar-refractivity contribution in [2.24, 2.45) is 0 Å². The molecule has 1 aliphatic rings. The van der Waals surface area contributed by atoms with E-state index >= 15 is 0 Å². The smallest absolute Gasteiger partial charge is 0.337 e. The lowest BCUT2D eigenvalue weighted by Crippen LogP contribution is -2.29. The highest BCUT2D eigenvalue weighted by Gasteiger charge is 2.31. The molecule has 86 valence electrons. The first-order valence-corrected chi connectivity index (χ1v) is 5.62. The largest absolute Gasteiger partial charge is 0.479 e. The van der Waals surface area contributed by atoms with Crippen LogP contribution in [0.1, 0.15) is 36.6 Å². The number of hydrogen-bond acceptors (Lipinski definition) is 2. The van der Waals surface area contributed by atoms with Gasteiger partial charge in [0.05, 0.1) is 6.10 Å². The van der Waals surface area contributed by atoms with Gasteiger partial charge in [0.2, 0.25) is 0 Å². The number of fused-ring (bicyclic) bond motifs is 1. The maximum Gasteiger partial charge on any atom is 0.337 e. The number of carboxylic acids is 1. The molecule has 1 N–H and O–H groups in total. The molecule has 0 aliphatic carbocycles. The van der Waals surface area contributed by atoms with E-state index in [1.807, 2.05) is 19.1 Å². The predicted octanol–water partition coefficient (Wildman–Crippen LogP) is 2.34. The molecule has 1 aliphatic heterocycles. The third-order valence-corrected chi connectivity index (χ3v) is 3.06. The van der Waals surface area contributed by atoms with E-state index in [-0.39, 0.29) is 6.10 Å². The first-order chi connectivity index (χ1) is 7.63. The molecule has 1 aromatic carbocycles. The molecule has 1 aromatic rings. The minimum absolute atomic E-state index is 0.0266. The first kappa shape index (κ1) is 11.1.